The Hall–Kier alpha value is -1.68. The number of piperidine rings is 1. The molecule has 4 rings (SSSR count). The van der Waals surface area contributed by atoms with Crippen molar-refractivity contribution < 1.29 is 14.3 Å². The third-order valence-electron chi connectivity index (χ3n) is 6.12. The molecular weight excluding hydrogens is 494 g/mol. The third-order valence-corrected chi connectivity index (χ3v) is 7.78. The number of carbonyl (C=O) groups is 1. The molecule has 2 aliphatic rings. The van der Waals surface area contributed by atoms with Crippen molar-refractivity contribution in [2.45, 2.75) is 49.3 Å². The van der Waals surface area contributed by atoms with E-state index in [1.165, 1.54) is 11.8 Å². The molecule has 1 unspecified atom stereocenters. The molecule has 32 heavy (non-hydrogen) atoms. The van der Waals surface area contributed by atoms with Gasteiger partial charge in [-0.1, -0.05) is 39.8 Å². The van der Waals surface area contributed by atoms with E-state index >= 15 is 0 Å². The SMILES string of the molecule is Cc1nc(SC(C)C(=O)N2CCC3(CC2)OCCO3)n(C)c(=O)c1Cc1ccc(Br)cc1. The number of hydrogen-bond donors (Lipinski definition) is 0. The van der Waals surface area contributed by atoms with Gasteiger partial charge in [0, 0.05) is 55.1 Å². The summed E-state index contributed by atoms with van der Waals surface area (Å²) in [5.74, 6) is -0.450. The van der Waals surface area contributed by atoms with Gasteiger partial charge in [0.05, 0.1) is 18.5 Å². The summed E-state index contributed by atoms with van der Waals surface area (Å²) >= 11 is 4.77. The second-order valence-electron chi connectivity index (χ2n) is 8.32. The first-order chi connectivity index (χ1) is 15.3. The fourth-order valence-corrected chi connectivity index (χ4v) is 5.43. The minimum Gasteiger partial charge on any atom is -0.347 e. The first-order valence-corrected chi connectivity index (χ1v) is 12.5. The molecule has 0 aliphatic carbocycles. The third kappa shape index (κ3) is 4.95. The second-order valence-corrected chi connectivity index (χ2v) is 10.5. The number of likely N-dealkylation sites (tertiary alicyclic amines) is 1. The minimum atomic E-state index is -0.500. The molecule has 1 aromatic heterocycles. The van der Waals surface area contributed by atoms with Crippen molar-refractivity contribution in [1.82, 2.24) is 14.5 Å². The number of nitrogens with zero attached hydrogens (tertiary/aromatic N) is 3. The van der Waals surface area contributed by atoms with Gasteiger partial charge in [0.15, 0.2) is 10.9 Å². The van der Waals surface area contributed by atoms with E-state index in [0.717, 1.165) is 10.0 Å². The zero-order valence-corrected chi connectivity index (χ0v) is 21.0. The number of aromatic nitrogens is 2. The van der Waals surface area contributed by atoms with E-state index in [4.69, 9.17) is 9.47 Å². The summed E-state index contributed by atoms with van der Waals surface area (Å²) in [4.78, 5) is 32.6. The molecule has 2 saturated heterocycles. The van der Waals surface area contributed by atoms with Gasteiger partial charge in [-0.2, -0.15) is 0 Å². The molecule has 2 fully saturated rings. The molecule has 1 atom stereocenters. The van der Waals surface area contributed by atoms with Crippen molar-refractivity contribution in [2.24, 2.45) is 7.05 Å². The number of amides is 1. The van der Waals surface area contributed by atoms with Crippen LogP contribution in [0.2, 0.25) is 0 Å². The van der Waals surface area contributed by atoms with Crippen LogP contribution in [-0.4, -0.2) is 57.7 Å². The van der Waals surface area contributed by atoms with Crippen molar-refractivity contribution in [3.63, 3.8) is 0 Å². The van der Waals surface area contributed by atoms with E-state index in [0.29, 0.717) is 62.0 Å². The van der Waals surface area contributed by atoms with Gasteiger partial charge < -0.3 is 14.4 Å². The lowest BCUT2D eigenvalue weighted by molar-refractivity contribution is -0.187. The summed E-state index contributed by atoms with van der Waals surface area (Å²) in [7, 11) is 1.72. The molecule has 1 spiro atoms. The number of rotatable bonds is 5. The average molecular weight is 522 g/mol. The van der Waals surface area contributed by atoms with Crippen molar-refractivity contribution in [1.29, 1.82) is 0 Å². The molecule has 3 heterocycles. The number of halogens is 1. The zero-order valence-electron chi connectivity index (χ0n) is 18.6. The number of hydrogen-bond acceptors (Lipinski definition) is 6. The highest BCUT2D eigenvalue weighted by Gasteiger charge is 2.41. The molecule has 2 aromatic rings. The lowest BCUT2D eigenvalue weighted by Crippen LogP contribution is -2.49. The molecule has 0 saturated carbocycles. The monoisotopic (exact) mass is 521 g/mol. The van der Waals surface area contributed by atoms with Gasteiger partial charge >= 0.3 is 0 Å². The van der Waals surface area contributed by atoms with E-state index in [-0.39, 0.29) is 16.7 Å². The summed E-state index contributed by atoms with van der Waals surface area (Å²) in [5, 5.41) is 0.216. The second kappa shape index (κ2) is 9.67. The summed E-state index contributed by atoms with van der Waals surface area (Å²) < 4.78 is 14.1. The molecular formula is C23H28BrN3O4S. The van der Waals surface area contributed by atoms with Crippen LogP contribution < -0.4 is 5.56 Å². The van der Waals surface area contributed by atoms with E-state index in [1.807, 2.05) is 43.0 Å². The van der Waals surface area contributed by atoms with Gasteiger partial charge in [0.1, 0.15) is 0 Å². The van der Waals surface area contributed by atoms with Crippen LogP contribution in [0, 0.1) is 6.92 Å². The van der Waals surface area contributed by atoms with Gasteiger partial charge in [-0.15, -0.1) is 0 Å². The molecule has 9 heteroatoms. The van der Waals surface area contributed by atoms with Crippen molar-refractivity contribution in [3.05, 3.63) is 55.9 Å². The zero-order chi connectivity index (χ0) is 22.9. The van der Waals surface area contributed by atoms with E-state index in [9.17, 15) is 9.59 Å². The Kier molecular flexibility index (Phi) is 7.09. The Morgan fingerprint density at radius 3 is 2.47 bits per heavy atom. The summed E-state index contributed by atoms with van der Waals surface area (Å²) in [6.45, 7) is 6.20. The maximum Gasteiger partial charge on any atom is 0.257 e. The Bertz CT molecular complexity index is 1040. The first kappa shape index (κ1) is 23.5. The smallest absolute Gasteiger partial charge is 0.257 e. The normalized spacial score (nSPS) is 18.8. The standard InChI is InChI=1S/C23H28BrN3O4S/c1-15-19(14-17-4-6-18(24)7-5-17)21(29)26(3)22(25-15)32-16(2)20(28)27-10-8-23(9-11-27)30-12-13-31-23/h4-7,16H,8-14H2,1-3H3. The predicted octanol–water partition coefficient (Wildman–Crippen LogP) is 3.29. The summed E-state index contributed by atoms with van der Waals surface area (Å²) in [6, 6.07) is 7.93. The van der Waals surface area contributed by atoms with Crippen LogP contribution in [0.15, 0.2) is 38.7 Å². The fourth-order valence-electron chi connectivity index (χ4n) is 4.16. The van der Waals surface area contributed by atoms with E-state index in [2.05, 4.69) is 20.9 Å². The molecule has 2 aliphatic heterocycles. The Labute approximate surface area is 200 Å². The van der Waals surface area contributed by atoms with Gasteiger partial charge in [0.2, 0.25) is 5.91 Å². The molecule has 7 nitrogen and oxygen atoms in total. The van der Waals surface area contributed by atoms with E-state index < -0.39 is 5.79 Å². The quantitative estimate of drug-likeness (QED) is 0.444. The Balaban J connectivity index is 1.44. The highest BCUT2D eigenvalue weighted by molar-refractivity contribution is 9.10. The van der Waals surface area contributed by atoms with Crippen LogP contribution in [0.5, 0.6) is 0 Å². The van der Waals surface area contributed by atoms with Crippen LogP contribution in [0.25, 0.3) is 0 Å². The summed E-state index contributed by atoms with van der Waals surface area (Å²) in [6.07, 6.45) is 1.91. The van der Waals surface area contributed by atoms with Gasteiger partial charge in [-0.3, -0.25) is 14.2 Å². The molecule has 1 amide bonds. The van der Waals surface area contributed by atoms with Crippen LogP contribution in [0.3, 0.4) is 0 Å². The lowest BCUT2D eigenvalue weighted by Gasteiger charge is -2.38. The minimum absolute atomic E-state index is 0.0497. The van der Waals surface area contributed by atoms with Crippen molar-refractivity contribution in [3.8, 4) is 0 Å². The van der Waals surface area contributed by atoms with Gasteiger partial charge in [0.25, 0.3) is 5.56 Å². The molecule has 1 aromatic carbocycles. The number of aryl methyl sites for hydroxylation is 1. The number of carbonyl (C=O) groups excluding carboxylic acids is 1. The first-order valence-electron chi connectivity index (χ1n) is 10.8. The number of ether oxygens (including phenoxy) is 2. The van der Waals surface area contributed by atoms with Crippen LogP contribution in [0.4, 0.5) is 0 Å². The molecule has 172 valence electrons. The lowest BCUT2D eigenvalue weighted by atomic mass is 10.0. The van der Waals surface area contributed by atoms with Crippen LogP contribution >= 0.6 is 27.7 Å². The Morgan fingerprint density at radius 2 is 1.84 bits per heavy atom. The van der Waals surface area contributed by atoms with Crippen molar-refractivity contribution in [2.75, 3.05) is 26.3 Å². The van der Waals surface area contributed by atoms with E-state index in [1.54, 1.807) is 11.6 Å². The number of thioether (sulfide) groups is 1. The van der Waals surface area contributed by atoms with Crippen LogP contribution in [-0.2, 0) is 27.7 Å². The molecule has 0 N–H and O–H groups in total. The summed E-state index contributed by atoms with van der Waals surface area (Å²) in [5.41, 5.74) is 2.36. The molecule has 0 bridgehead atoms. The highest BCUT2D eigenvalue weighted by atomic mass is 79.9. The average Bonchev–Trinajstić information content (AvgIpc) is 3.24. The largest absolute Gasteiger partial charge is 0.347 e. The van der Waals surface area contributed by atoms with Crippen LogP contribution in [0.1, 0.15) is 36.6 Å². The Morgan fingerprint density at radius 1 is 1.22 bits per heavy atom. The van der Waals surface area contributed by atoms with Gasteiger partial charge in [-0.05, 0) is 31.5 Å². The maximum atomic E-state index is 13.1. The molecule has 0 radical (unpaired) electrons. The maximum absolute atomic E-state index is 13.1. The highest BCUT2D eigenvalue weighted by Crippen LogP contribution is 2.32. The topological polar surface area (TPSA) is 73.7 Å². The number of benzene rings is 1. The van der Waals surface area contributed by atoms with Crippen molar-refractivity contribution >= 4 is 33.6 Å². The predicted molar refractivity (Wildman–Crippen MR) is 127 cm³/mol. The fraction of sp³-hybridized carbons (Fsp3) is 0.522. The van der Waals surface area contributed by atoms with Gasteiger partial charge in [-0.25, -0.2) is 4.98 Å².